The number of benzene rings is 2. The Balaban J connectivity index is 1.88. The Morgan fingerprint density at radius 1 is 1.03 bits per heavy atom. The average Bonchev–Trinajstić information content (AvgIpc) is 2.71. The molecule has 0 saturated heterocycles. The number of aromatic nitrogens is 2. The molecule has 1 amide bonds. The van der Waals surface area contributed by atoms with Crippen molar-refractivity contribution < 1.29 is 23.1 Å². The number of aromatic amines is 1. The predicted molar refractivity (Wildman–Crippen MR) is 110 cm³/mol. The van der Waals surface area contributed by atoms with E-state index >= 15 is 0 Å². The largest absolute Gasteiger partial charge is 0.396 e. The van der Waals surface area contributed by atoms with Crippen LogP contribution >= 0.6 is 0 Å². The molecule has 0 radical (unpaired) electrons. The zero-order chi connectivity index (χ0) is 22.1. The van der Waals surface area contributed by atoms with E-state index in [-0.39, 0.29) is 30.1 Å². The van der Waals surface area contributed by atoms with Crippen LogP contribution in [0.25, 0.3) is 21.7 Å². The first-order valence-corrected chi connectivity index (χ1v) is 9.14. The van der Waals surface area contributed by atoms with Gasteiger partial charge in [0, 0.05) is 46.2 Å². The number of fused-ring (bicyclic) bond motifs is 3. The molecule has 0 fully saturated rings. The molecule has 4 rings (SSSR count). The molecule has 0 aliphatic heterocycles. The van der Waals surface area contributed by atoms with Gasteiger partial charge in [-0.05, 0) is 18.2 Å². The van der Waals surface area contributed by atoms with Gasteiger partial charge in [-0.1, -0.05) is 0 Å². The molecule has 0 aliphatic rings. The highest BCUT2D eigenvalue weighted by atomic mass is 19.1. The molecular weight excluding hydrogens is 413 g/mol. The summed E-state index contributed by atoms with van der Waals surface area (Å²) in [4.78, 5) is 30.6. The van der Waals surface area contributed by atoms with Gasteiger partial charge in [0.15, 0.2) is 11.6 Å². The molecule has 0 bridgehead atoms. The number of carbonyl (C=O) groups excluding carboxylic acids is 1. The lowest BCUT2D eigenvalue weighted by molar-refractivity contribution is -0.116. The van der Waals surface area contributed by atoms with Gasteiger partial charge in [-0.15, -0.1) is 0 Å². The fourth-order valence-electron chi connectivity index (χ4n) is 3.20. The maximum absolute atomic E-state index is 14.1. The van der Waals surface area contributed by atoms with E-state index in [1.165, 1.54) is 12.3 Å². The standard InChI is InChI=1S/C21H15F3N4O3/c22-10-5-15(23)20(16(24)6-10)28-21-13-8-19(31)25-9-14(13)12-7-11(1-2-17(12)27-21)26-18(30)3-4-29/h1-2,5-9,29H,3-4H2,(H,25,31)(H,26,30)(H,27,28). The summed E-state index contributed by atoms with van der Waals surface area (Å²) in [5.74, 6) is -3.76. The van der Waals surface area contributed by atoms with Crippen LogP contribution in [-0.2, 0) is 4.79 Å². The quantitative estimate of drug-likeness (QED) is 0.364. The molecule has 2 aromatic carbocycles. The summed E-state index contributed by atoms with van der Waals surface area (Å²) < 4.78 is 41.5. The zero-order valence-electron chi connectivity index (χ0n) is 15.8. The average molecular weight is 428 g/mol. The fraction of sp³-hybridized carbons (Fsp3) is 0.0952. The van der Waals surface area contributed by atoms with Gasteiger partial charge in [0.1, 0.15) is 17.3 Å². The number of carbonyl (C=O) groups is 1. The normalized spacial score (nSPS) is 11.1. The van der Waals surface area contributed by atoms with Crippen molar-refractivity contribution in [3.8, 4) is 0 Å². The SMILES string of the molecule is O=C(CCO)Nc1ccc2nc(Nc3c(F)cc(F)cc3F)c3cc(=O)[nH]cc3c2c1. The monoisotopic (exact) mass is 428 g/mol. The van der Waals surface area contributed by atoms with E-state index in [4.69, 9.17) is 5.11 Å². The lowest BCUT2D eigenvalue weighted by Crippen LogP contribution is -2.12. The Bertz CT molecular complexity index is 1360. The van der Waals surface area contributed by atoms with Crippen LogP contribution in [0, 0.1) is 17.5 Å². The van der Waals surface area contributed by atoms with Crippen LogP contribution in [0.2, 0.25) is 0 Å². The third-order valence-corrected chi connectivity index (χ3v) is 4.57. The Morgan fingerprint density at radius 3 is 2.48 bits per heavy atom. The molecule has 0 unspecified atom stereocenters. The van der Waals surface area contributed by atoms with E-state index in [1.807, 2.05) is 0 Å². The number of anilines is 3. The number of pyridine rings is 2. The van der Waals surface area contributed by atoms with Crippen molar-refractivity contribution >= 4 is 44.8 Å². The van der Waals surface area contributed by atoms with Crippen LogP contribution in [0.1, 0.15) is 6.42 Å². The van der Waals surface area contributed by atoms with E-state index in [2.05, 4.69) is 20.6 Å². The van der Waals surface area contributed by atoms with Crippen LogP contribution < -0.4 is 16.2 Å². The Morgan fingerprint density at radius 2 is 1.77 bits per heavy atom. The zero-order valence-corrected chi connectivity index (χ0v) is 15.8. The summed E-state index contributed by atoms with van der Waals surface area (Å²) in [5.41, 5.74) is -0.228. The van der Waals surface area contributed by atoms with Crippen molar-refractivity contribution in [3.05, 3.63) is 70.4 Å². The summed E-state index contributed by atoms with van der Waals surface area (Å²) in [6.07, 6.45) is 1.35. The maximum Gasteiger partial charge on any atom is 0.248 e. The number of hydrogen-bond donors (Lipinski definition) is 4. The lowest BCUT2D eigenvalue weighted by Gasteiger charge is -2.13. The minimum absolute atomic E-state index is 0.00456. The highest BCUT2D eigenvalue weighted by Crippen LogP contribution is 2.33. The van der Waals surface area contributed by atoms with E-state index in [0.29, 0.717) is 34.1 Å². The van der Waals surface area contributed by atoms with Gasteiger partial charge < -0.3 is 20.7 Å². The highest BCUT2D eigenvalue weighted by Gasteiger charge is 2.16. The lowest BCUT2D eigenvalue weighted by atomic mass is 10.1. The smallest absolute Gasteiger partial charge is 0.248 e. The van der Waals surface area contributed by atoms with Crippen molar-refractivity contribution in [2.75, 3.05) is 17.2 Å². The van der Waals surface area contributed by atoms with E-state index in [1.54, 1.807) is 18.2 Å². The first kappa shape index (κ1) is 20.4. The fourth-order valence-corrected chi connectivity index (χ4v) is 3.20. The van der Waals surface area contributed by atoms with Crippen LogP contribution in [0.15, 0.2) is 47.4 Å². The molecule has 158 valence electrons. The number of amides is 1. The number of aliphatic hydroxyl groups is 1. The van der Waals surface area contributed by atoms with E-state index < -0.39 is 28.7 Å². The molecule has 2 heterocycles. The summed E-state index contributed by atoms with van der Waals surface area (Å²) in [6, 6.07) is 7.05. The molecule has 0 aliphatic carbocycles. The van der Waals surface area contributed by atoms with Gasteiger partial charge in [-0.2, -0.15) is 0 Å². The molecular formula is C21H15F3N4O3. The highest BCUT2D eigenvalue weighted by molar-refractivity contribution is 6.11. The summed E-state index contributed by atoms with van der Waals surface area (Å²) in [5, 5.41) is 15.3. The number of rotatable bonds is 5. The molecule has 10 heteroatoms. The van der Waals surface area contributed by atoms with Gasteiger partial charge >= 0.3 is 0 Å². The summed E-state index contributed by atoms with van der Waals surface area (Å²) in [6.45, 7) is -0.295. The van der Waals surface area contributed by atoms with Gasteiger partial charge in [-0.25, -0.2) is 18.2 Å². The number of nitrogens with zero attached hydrogens (tertiary/aromatic N) is 1. The molecule has 2 aromatic heterocycles. The Labute approximate surface area is 172 Å². The van der Waals surface area contributed by atoms with Gasteiger partial charge in [0.05, 0.1) is 18.5 Å². The molecule has 4 aromatic rings. The molecule has 0 spiro atoms. The van der Waals surface area contributed by atoms with Gasteiger partial charge in [0.25, 0.3) is 0 Å². The third-order valence-electron chi connectivity index (χ3n) is 4.57. The van der Waals surface area contributed by atoms with Crippen LogP contribution in [-0.4, -0.2) is 27.6 Å². The maximum atomic E-state index is 14.1. The topological polar surface area (TPSA) is 107 Å². The van der Waals surface area contributed by atoms with Crippen molar-refractivity contribution in [2.24, 2.45) is 0 Å². The first-order valence-electron chi connectivity index (χ1n) is 9.14. The van der Waals surface area contributed by atoms with Crippen molar-refractivity contribution in [1.82, 2.24) is 9.97 Å². The van der Waals surface area contributed by atoms with E-state index in [0.717, 1.165) is 0 Å². The van der Waals surface area contributed by atoms with Gasteiger partial charge in [0.2, 0.25) is 11.5 Å². The van der Waals surface area contributed by atoms with E-state index in [9.17, 15) is 22.8 Å². The van der Waals surface area contributed by atoms with Crippen LogP contribution in [0.3, 0.4) is 0 Å². The van der Waals surface area contributed by atoms with Crippen molar-refractivity contribution in [2.45, 2.75) is 6.42 Å². The van der Waals surface area contributed by atoms with Crippen LogP contribution in [0.4, 0.5) is 30.4 Å². The third kappa shape index (κ3) is 4.05. The van der Waals surface area contributed by atoms with Crippen LogP contribution in [0.5, 0.6) is 0 Å². The Kier molecular flexibility index (Phi) is 5.30. The number of aliphatic hydroxyl groups excluding tert-OH is 1. The molecule has 0 saturated carbocycles. The molecule has 0 atom stereocenters. The van der Waals surface area contributed by atoms with Crippen molar-refractivity contribution in [3.63, 3.8) is 0 Å². The van der Waals surface area contributed by atoms with Gasteiger partial charge in [-0.3, -0.25) is 9.59 Å². The second kappa shape index (κ2) is 8.07. The Hall–Kier alpha value is -3.92. The first-order chi connectivity index (χ1) is 14.9. The predicted octanol–water partition coefficient (Wildman–Crippen LogP) is 3.56. The molecule has 31 heavy (non-hydrogen) atoms. The second-order valence-corrected chi connectivity index (χ2v) is 6.71. The molecule has 4 N–H and O–H groups in total. The minimum atomic E-state index is -1.15. The second-order valence-electron chi connectivity index (χ2n) is 6.71. The molecule has 7 nitrogen and oxygen atoms in total. The number of halogens is 3. The number of H-pyrrole nitrogens is 1. The van der Waals surface area contributed by atoms with Crippen molar-refractivity contribution in [1.29, 1.82) is 0 Å². The minimum Gasteiger partial charge on any atom is -0.396 e. The summed E-state index contributed by atoms with van der Waals surface area (Å²) >= 11 is 0. The summed E-state index contributed by atoms with van der Waals surface area (Å²) in [7, 11) is 0. The number of nitrogens with one attached hydrogen (secondary N) is 3. The number of hydrogen-bond acceptors (Lipinski definition) is 5.